The van der Waals surface area contributed by atoms with Gasteiger partial charge >= 0.3 is 5.97 Å². The summed E-state index contributed by atoms with van der Waals surface area (Å²) in [6.07, 6.45) is -0.320. The van der Waals surface area contributed by atoms with Crippen LogP contribution in [0.15, 0.2) is 36.4 Å². The van der Waals surface area contributed by atoms with Crippen molar-refractivity contribution in [3.05, 3.63) is 68.2 Å². The van der Waals surface area contributed by atoms with E-state index in [9.17, 15) is 19.7 Å². The molecule has 0 radical (unpaired) electrons. The highest BCUT2D eigenvalue weighted by Crippen LogP contribution is 2.23. The van der Waals surface area contributed by atoms with Crippen LogP contribution in [0.4, 0.5) is 11.4 Å². The zero-order chi connectivity index (χ0) is 17.9. The van der Waals surface area contributed by atoms with Crippen LogP contribution in [0.25, 0.3) is 0 Å². The average molecular weight is 349 g/mol. The molecule has 0 aliphatic carbocycles. The topological polar surface area (TPSA) is 110 Å². The van der Waals surface area contributed by atoms with Crippen molar-refractivity contribution in [2.75, 3.05) is 5.32 Å². The Morgan fingerprint density at radius 3 is 2.54 bits per heavy atom. The van der Waals surface area contributed by atoms with E-state index in [1.807, 2.05) is 0 Å². The van der Waals surface area contributed by atoms with Gasteiger partial charge in [-0.25, -0.2) is 0 Å². The molecule has 0 atom stereocenters. The molecular formula is C16H13ClN2O5. The SMILES string of the molecule is Cc1cc([N+](=O)[O-])ccc1NC(=O)c1cc(Cl)ccc1CC(=O)O. The van der Waals surface area contributed by atoms with Crippen LogP contribution in [0.1, 0.15) is 21.5 Å². The van der Waals surface area contributed by atoms with Gasteiger partial charge in [-0.1, -0.05) is 17.7 Å². The van der Waals surface area contributed by atoms with Crippen molar-refractivity contribution in [3.63, 3.8) is 0 Å². The van der Waals surface area contributed by atoms with E-state index >= 15 is 0 Å². The van der Waals surface area contributed by atoms with Gasteiger partial charge in [0.25, 0.3) is 11.6 Å². The highest BCUT2D eigenvalue weighted by Gasteiger charge is 2.16. The van der Waals surface area contributed by atoms with Gasteiger partial charge in [0.1, 0.15) is 0 Å². The molecule has 0 bridgehead atoms. The smallest absolute Gasteiger partial charge is 0.307 e. The van der Waals surface area contributed by atoms with Crippen LogP contribution in [0.2, 0.25) is 5.02 Å². The number of hydrogen-bond donors (Lipinski definition) is 2. The highest BCUT2D eigenvalue weighted by atomic mass is 35.5. The van der Waals surface area contributed by atoms with Crippen molar-refractivity contribution < 1.29 is 19.6 Å². The second-order valence-electron chi connectivity index (χ2n) is 5.08. The zero-order valence-corrected chi connectivity index (χ0v) is 13.3. The second kappa shape index (κ2) is 7.10. The number of hydrogen-bond acceptors (Lipinski definition) is 4. The predicted octanol–water partition coefficient (Wildman–Crippen LogP) is 3.44. The lowest BCUT2D eigenvalue weighted by atomic mass is 10.0. The molecule has 0 saturated heterocycles. The summed E-state index contributed by atoms with van der Waals surface area (Å²) in [4.78, 5) is 33.6. The van der Waals surface area contributed by atoms with Crippen LogP contribution in [-0.4, -0.2) is 21.9 Å². The standard InChI is InChI=1S/C16H13ClN2O5/c1-9-6-12(19(23)24)4-5-14(9)18-16(22)13-8-11(17)3-2-10(13)7-15(20)21/h2-6,8H,7H2,1H3,(H,18,22)(H,20,21). The van der Waals surface area contributed by atoms with Crippen molar-refractivity contribution >= 4 is 34.9 Å². The number of carboxylic acids is 1. The number of aliphatic carboxylic acids is 1. The molecule has 8 heteroatoms. The Morgan fingerprint density at radius 1 is 1.25 bits per heavy atom. The van der Waals surface area contributed by atoms with Gasteiger partial charge in [-0.3, -0.25) is 19.7 Å². The first-order valence-corrected chi connectivity index (χ1v) is 7.22. The number of nitrogens with zero attached hydrogens (tertiary/aromatic N) is 1. The predicted molar refractivity (Wildman–Crippen MR) is 88.6 cm³/mol. The summed E-state index contributed by atoms with van der Waals surface area (Å²) in [5.41, 5.74) is 1.29. The van der Waals surface area contributed by atoms with E-state index in [1.165, 1.54) is 36.4 Å². The molecule has 7 nitrogen and oxygen atoms in total. The van der Waals surface area contributed by atoms with Crippen LogP contribution in [-0.2, 0) is 11.2 Å². The van der Waals surface area contributed by atoms with E-state index in [1.54, 1.807) is 6.92 Å². The Hall–Kier alpha value is -2.93. The molecule has 1 amide bonds. The molecule has 124 valence electrons. The lowest BCUT2D eigenvalue weighted by Crippen LogP contribution is -2.16. The van der Waals surface area contributed by atoms with Gasteiger partial charge in [0.15, 0.2) is 0 Å². The van der Waals surface area contributed by atoms with Crippen LogP contribution in [0.5, 0.6) is 0 Å². The monoisotopic (exact) mass is 348 g/mol. The number of nitro benzene ring substituents is 1. The van der Waals surface area contributed by atoms with E-state index in [0.29, 0.717) is 21.8 Å². The van der Waals surface area contributed by atoms with Gasteiger partial charge in [-0.2, -0.15) is 0 Å². The normalized spacial score (nSPS) is 10.2. The molecule has 2 aromatic rings. The largest absolute Gasteiger partial charge is 0.481 e. The Labute approximate surface area is 142 Å². The lowest BCUT2D eigenvalue weighted by Gasteiger charge is -2.11. The van der Waals surface area contributed by atoms with Crippen molar-refractivity contribution in [1.82, 2.24) is 0 Å². The summed E-state index contributed by atoms with van der Waals surface area (Å²) in [7, 11) is 0. The van der Waals surface area contributed by atoms with Gasteiger partial charge in [0.2, 0.25) is 0 Å². The Kier molecular flexibility index (Phi) is 5.15. The number of aryl methyl sites for hydroxylation is 1. The Morgan fingerprint density at radius 2 is 1.96 bits per heavy atom. The maximum Gasteiger partial charge on any atom is 0.307 e. The number of nitrogens with one attached hydrogen (secondary N) is 1. The number of rotatable bonds is 5. The summed E-state index contributed by atoms with van der Waals surface area (Å²) in [6.45, 7) is 1.62. The van der Waals surface area contributed by atoms with Gasteiger partial charge in [0, 0.05) is 28.4 Å². The Balaban J connectivity index is 2.31. The van der Waals surface area contributed by atoms with Crippen molar-refractivity contribution in [3.8, 4) is 0 Å². The molecule has 0 saturated carbocycles. The lowest BCUT2D eigenvalue weighted by molar-refractivity contribution is -0.384. The maximum absolute atomic E-state index is 12.4. The van der Waals surface area contributed by atoms with Crippen molar-refractivity contribution in [2.24, 2.45) is 0 Å². The summed E-state index contributed by atoms with van der Waals surface area (Å²) in [6, 6.07) is 8.41. The minimum Gasteiger partial charge on any atom is -0.481 e. The number of nitro groups is 1. The van der Waals surface area contributed by atoms with Crippen LogP contribution in [0.3, 0.4) is 0 Å². The van der Waals surface area contributed by atoms with E-state index in [-0.39, 0.29) is 17.7 Å². The number of carboxylic acid groups (broad SMARTS) is 1. The van der Waals surface area contributed by atoms with Gasteiger partial charge < -0.3 is 10.4 Å². The first kappa shape index (κ1) is 17.4. The van der Waals surface area contributed by atoms with E-state index < -0.39 is 16.8 Å². The molecule has 0 unspecified atom stereocenters. The minimum atomic E-state index is -1.07. The molecule has 2 aromatic carbocycles. The van der Waals surface area contributed by atoms with E-state index in [0.717, 1.165) is 0 Å². The molecule has 2 N–H and O–H groups in total. The minimum absolute atomic E-state index is 0.0835. The third kappa shape index (κ3) is 4.08. The van der Waals surface area contributed by atoms with Crippen LogP contribution in [0, 0.1) is 17.0 Å². The molecular weight excluding hydrogens is 336 g/mol. The fraction of sp³-hybridized carbons (Fsp3) is 0.125. The summed E-state index contributed by atoms with van der Waals surface area (Å²) < 4.78 is 0. The molecule has 2 rings (SSSR count). The maximum atomic E-state index is 12.4. The first-order chi connectivity index (χ1) is 11.3. The van der Waals surface area contributed by atoms with E-state index in [2.05, 4.69) is 5.32 Å². The number of benzene rings is 2. The average Bonchev–Trinajstić information content (AvgIpc) is 2.50. The van der Waals surface area contributed by atoms with Gasteiger partial charge in [0.05, 0.1) is 11.3 Å². The number of amides is 1. The molecule has 0 heterocycles. The van der Waals surface area contributed by atoms with Gasteiger partial charge in [-0.05, 0) is 36.2 Å². The number of anilines is 1. The van der Waals surface area contributed by atoms with Crippen molar-refractivity contribution in [2.45, 2.75) is 13.3 Å². The number of carbonyl (C=O) groups is 2. The molecule has 0 aromatic heterocycles. The summed E-state index contributed by atoms with van der Waals surface area (Å²) in [5, 5.41) is 22.6. The Bertz CT molecular complexity index is 835. The van der Waals surface area contributed by atoms with Gasteiger partial charge in [-0.15, -0.1) is 0 Å². The number of halogens is 1. The highest BCUT2D eigenvalue weighted by molar-refractivity contribution is 6.31. The fourth-order valence-corrected chi connectivity index (χ4v) is 2.34. The number of carbonyl (C=O) groups excluding carboxylic acids is 1. The number of non-ortho nitro benzene ring substituents is 1. The molecule has 0 aliphatic rings. The quantitative estimate of drug-likeness (QED) is 0.635. The molecule has 0 aliphatic heterocycles. The summed E-state index contributed by atoms with van der Waals surface area (Å²) in [5.74, 6) is -1.61. The third-order valence-corrected chi connectivity index (χ3v) is 3.56. The van der Waals surface area contributed by atoms with Crippen LogP contribution < -0.4 is 5.32 Å². The second-order valence-corrected chi connectivity index (χ2v) is 5.52. The molecule has 0 spiro atoms. The fourth-order valence-electron chi connectivity index (χ4n) is 2.17. The summed E-state index contributed by atoms with van der Waals surface area (Å²) >= 11 is 5.88. The van der Waals surface area contributed by atoms with Crippen molar-refractivity contribution in [1.29, 1.82) is 0 Å². The molecule has 0 fully saturated rings. The first-order valence-electron chi connectivity index (χ1n) is 6.84. The van der Waals surface area contributed by atoms with E-state index in [4.69, 9.17) is 16.7 Å². The molecule has 24 heavy (non-hydrogen) atoms. The zero-order valence-electron chi connectivity index (χ0n) is 12.6. The third-order valence-electron chi connectivity index (χ3n) is 3.33. The van der Waals surface area contributed by atoms with Crippen LogP contribution >= 0.6 is 11.6 Å².